The van der Waals surface area contributed by atoms with Gasteiger partial charge in [-0.05, 0) is 43.4 Å². The first-order valence-electron chi connectivity index (χ1n) is 7.16. The van der Waals surface area contributed by atoms with Crippen molar-refractivity contribution in [3.05, 3.63) is 36.4 Å². The van der Waals surface area contributed by atoms with Gasteiger partial charge in [-0.3, -0.25) is 0 Å². The lowest BCUT2D eigenvalue weighted by Gasteiger charge is -2.26. The molecular formula is C16H21N3. The van der Waals surface area contributed by atoms with Crippen LogP contribution in [0.15, 0.2) is 36.4 Å². The van der Waals surface area contributed by atoms with Crippen LogP contribution in [0.4, 0.5) is 5.82 Å². The summed E-state index contributed by atoms with van der Waals surface area (Å²) in [4.78, 5) is 4.64. The molecular weight excluding hydrogens is 234 g/mol. The SMILES string of the molecule is NC1CCCC(CNc2ccc3ccccc3n2)C1. The maximum Gasteiger partial charge on any atom is 0.126 e. The monoisotopic (exact) mass is 255 g/mol. The lowest BCUT2D eigenvalue weighted by atomic mass is 9.86. The van der Waals surface area contributed by atoms with Gasteiger partial charge in [-0.15, -0.1) is 0 Å². The molecule has 1 aliphatic carbocycles. The number of nitrogens with two attached hydrogens (primary N) is 1. The molecule has 0 radical (unpaired) electrons. The number of benzene rings is 1. The van der Waals surface area contributed by atoms with E-state index in [1.165, 1.54) is 24.6 Å². The van der Waals surface area contributed by atoms with Crippen LogP contribution in [0.2, 0.25) is 0 Å². The Kier molecular flexibility index (Phi) is 3.65. The molecule has 1 aromatic carbocycles. The molecule has 3 heteroatoms. The van der Waals surface area contributed by atoms with E-state index in [4.69, 9.17) is 5.73 Å². The van der Waals surface area contributed by atoms with Crippen LogP contribution in [-0.2, 0) is 0 Å². The van der Waals surface area contributed by atoms with Crippen molar-refractivity contribution in [2.45, 2.75) is 31.7 Å². The number of aromatic nitrogens is 1. The van der Waals surface area contributed by atoms with Crippen molar-refractivity contribution in [2.24, 2.45) is 11.7 Å². The number of hydrogen-bond donors (Lipinski definition) is 2. The number of para-hydroxylation sites is 1. The van der Waals surface area contributed by atoms with Gasteiger partial charge in [0.25, 0.3) is 0 Å². The van der Waals surface area contributed by atoms with Gasteiger partial charge in [-0.2, -0.15) is 0 Å². The van der Waals surface area contributed by atoms with Gasteiger partial charge in [-0.25, -0.2) is 4.98 Å². The van der Waals surface area contributed by atoms with Crippen molar-refractivity contribution >= 4 is 16.7 Å². The number of rotatable bonds is 3. The number of nitrogens with zero attached hydrogens (tertiary/aromatic N) is 1. The number of hydrogen-bond acceptors (Lipinski definition) is 3. The molecule has 19 heavy (non-hydrogen) atoms. The Labute approximate surface area is 114 Å². The summed E-state index contributed by atoms with van der Waals surface area (Å²) in [7, 11) is 0. The van der Waals surface area contributed by atoms with Crippen LogP contribution in [0, 0.1) is 5.92 Å². The zero-order valence-corrected chi connectivity index (χ0v) is 11.2. The molecule has 3 nitrogen and oxygen atoms in total. The van der Waals surface area contributed by atoms with Crippen LogP contribution in [-0.4, -0.2) is 17.6 Å². The van der Waals surface area contributed by atoms with Crippen molar-refractivity contribution in [3.8, 4) is 0 Å². The topological polar surface area (TPSA) is 50.9 Å². The third kappa shape index (κ3) is 3.04. The average Bonchev–Trinajstić information content (AvgIpc) is 2.45. The number of fused-ring (bicyclic) bond motifs is 1. The van der Waals surface area contributed by atoms with E-state index in [0.717, 1.165) is 24.3 Å². The van der Waals surface area contributed by atoms with Crippen molar-refractivity contribution < 1.29 is 0 Å². The van der Waals surface area contributed by atoms with E-state index in [-0.39, 0.29) is 0 Å². The second kappa shape index (κ2) is 5.57. The smallest absolute Gasteiger partial charge is 0.126 e. The minimum absolute atomic E-state index is 0.394. The van der Waals surface area contributed by atoms with E-state index in [0.29, 0.717) is 12.0 Å². The zero-order valence-electron chi connectivity index (χ0n) is 11.2. The molecule has 0 spiro atoms. The molecule has 1 saturated carbocycles. The fourth-order valence-electron chi connectivity index (χ4n) is 2.93. The minimum atomic E-state index is 0.394. The first-order chi connectivity index (χ1) is 9.31. The highest BCUT2D eigenvalue weighted by Gasteiger charge is 2.18. The Morgan fingerprint density at radius 2 is 2.05 bits per heavy atom. The fraction of sp³-hybridized carbons (Fsp3) is 0.438. The molecule has 100 valence electrons. The van der Waals surface area contributed by atoms with Crippen LogP contribution in [0.3, 0.4) is 0 Å². The van der Waals surface area contributed by atoms with E-state index < -0.39 is 0 Å². The quantitative estimate of drug-likeness (QED) is 0.885. The summed E-state index contributed by atoms with van der Waals surface area (Å²) in [5.74, 6) is 1.66. The Hall–Kier alpha value is -1.61. The molecule has 1 heterocycles. The van der Waals surface area contributed by atoms with Gasteiger partial charge in [0.1, 0.15) is 5.82 Å². The highest BCUT2D eigenvalue weighted by atomic mass is 15.0. The second-order valence-corrected chi connectivity index (χ2v) is 5.56. The molecule has 2 aromatic rings. The lowest BCUT2D eigenvalue weighted by molar-refractivity contribution is 0.335. The molecule has 1 aliphatic rings. The maximum atomic E-state index is 6.03. The van der Waals surface area contributed by atoms with Gasteiger partial charge in [0.05, 0.1) is 5.52 Å². The normalized spacial score (nSPS) is 23.4. The third-order valence-electron chi connectivity index (χ3n) is 3.99. The van der Waals surface area contributed by atoms with Crippen LogP contribution in [0.1, 0.15) is 25.7 Å². The third-order valence-corrected chi connectivity index (χ3v) is 3.99. The Morgan fingerprint density at radius 3 is 2.95 bits per heavy atom. The van der Waals surface area contributed by atoms with Crippen LogP contribution in [0.25, 0.3) is 10.9 Å². The highest BCUT2D eigenvalue weighted by Crippen LogP contribution is 2.23. The van der Waals surface area contributed by atoms with Gasteiger partial charge < -0.3 is 11.1 Å². The first kappa shape index (κ1) is 12.4. The largest absolute Gasteiger partial charge is 0.370 e. The predicted octanol–water partition coefficient (Wildman–Crippen LogP) is 3.16. The van der Waals surface area contributed by atoms with Crippen LogP contribution in [0.5, 0.6) is 0 Å². The summed E-state index contributed by atoms with van der Waals surface area (Å²) in [6.45, 7) is 0.985. The van der Waals surface area contributed by atoms with Crippen molar-refractivity contribution in [2.75, 3.05) is 11.9 Å². The van der Waals surface area contributed by atoms with Gasteiger partial charge in [0.2, 0.25) is 0 Å². The summed E-state index contributed by atoms with van der Waals surface area (Å²) in [6.07, 6.45) is 4.87. The van der Waals surface area contributed by atoms with Gasteiger partial charge >= 0.3 is 0 Å². The molecule has 1 fully saturated rings. The van der Waals surface area contributed by atoms with Crippen molar-refractivity contribution in [3.63, 3.8) is 0 Å². The Bertz CT molecular complexity index is 552. The summed E-state index contributed by atoms with van der Waals surface area (Å²) in [5.41, 5.74) is 7.07. The molecule has 0 amide bonds. The van der Waals surface area contributed by atoms with Gasteiger partial charge in [-0.1, -0.05) is 24.6 Å². The first-order valence-corrected chi connectivity index (χ1v) is 7.16. The molecule has 2 unspecified atom stereocenters. The standard InChI is InChI=1S/C16H21N3/c17-14-6-3-4-12(10-14)11-18-16-9-8-13-5-1-2-7-15(13)19-16/h1-2,5,7-9,12,14H,3-4,6,10-11,17H2,(H,18,19). The second-order valence-electron chi connectivity index (χ2n) is 5.56. The number of anilines is 1. The minimum Gasteiger partial charge on any atom is -0.370 e. The molecule has 0 aliphatic heterocycles. The van der Waals surface area contributed by atoms with E-state index in [1.807, 2.05) is 12.1 Å². The maximum absolute atomic E-state index is 6.03. The van der Waals surface area contributed by atoms with Crippen LogP contribution < -0.4 is 11.1 Å². The van der Waals surface area contributed by atoms with E-state index in [9.17, 15) is 0 Å². The predicted molar refractivity (Wildman–Crippen MR) is 80.2 cm³/mol. The van der Waals surface area contributed by atoms with Crippen molar-refractivity contribution in [1.82, 2.24) is 4.98 Å². The van der Waals surface area contributed by atoms with E-state index in [1.54, 1.807) is 0 Å². The molecule has 0 bridgehead atoms. The highest BCUT2D eigenvalue weighted by molar-refractivity contribution is 5.79. The molecule has 3 rings (SSSR count). The van der Waals surface area contributed by atoms with Crippen LogP contribution >= 0.6 is 0 Å². The summed E-state index contributed by atoms with van der Waals surface area (Å²) >= 11 is 0. The molecule has 3 N–H and O–H groups in total. The molecule has 2 atom stereocenters. The summed E-state index contributed by atoms with van der Waals surface area (Å²) in [5, 5.41) is 4.65. The summed E-state index contributed by atoms with van der Waals surface area (Å²) < 4.78 is 0. The van der Waals surface area contributed by atoms with E-state index >= 15 is 0 Å². The summed E-state index contributed by atoms with van der Waals surface area (Å²) in [6, 6.07) is 12.8. The molecule has 0 saturated heterocycles. The van der Waals surface area contributed by atoms with Gasteiger partial charge in [0.15, 0.2) is 0 Å². The Morgan fingerprint density at radius 1 is 1.16 bits per heavy atom. The lowest BCUT2D eigenvalue weighted by Crippen LogP contribution is -2.31. The molecule has 1 aromatic heterocycles. The Balaban J connectivity index is 1.64. The average molecular weight is 255 g/mol. The van der Waals surface area contributed by atoms with Gasteiger partial charge in [0, 0.05) is 18.0 Å². The zero-order chi connectivity index (χ0) is 13.1. The van der Waals surface area contributed by atoms with Crippen molar-refractivity contribution in [1.29, 1.82) is 0 Å². The number of pyridine rings is 1. The fourth-order valence-corrected chi connectivity index (χ4v) is 2.93. The van der Waals surface area contributed by atoms with E-state index in [2.05, 4.69) is 34.6 Å². The number of nitrogens with one attached hydrogen (secondary N) is 1.